The first-order valence-corrected chi connectivity index (χ1v) is 4.78. The van der Waals surface area contributed by atoms with E-state index in [9.17, 15) is 0 Å². The van der Waals surface area contributed by atoms with Crippen molar-refractivity contribution in [2.45, 2.75) is 4.90 Å². The van der Waals surface area contributed by atoms with Gasteiger partial charge in [0.2, 0.25) is 0 Å². The van der Waals surface area contributed by atoms with E-state index in [1.54, 1.807) is 11.8 Å². The minimum atomic E-state index is 0.774. The van der Waals surface area contributed by atoms with E-state index in [0.717, 1.165) is 15.7 Å². The summed E-state index contributed by atoms with van der Waals surface area (Å²) in [5.74, 6) is 0. The highest BCUT2D eigenvalue weighted by Gasteiger charge is 2.19. The van der Waals surface area contributed by atoms with Gasteiger partial charge in [0.05, 0.1) is 10.7 Å². The highest BCUT2D eigenvalue weighted by Crippen LogP contribution is 2.44. The van der Waals surface area contributed by atoms with Gasteiger partial charge < -0.3 is 4.90 Å². The molecule has 1 aromatic rings. The Labute approximate surface area is 81.0 Å². The van der Waals surface area contributed by atoms with Crippen LogP contribution in [0.25, 0.3) is 0 Å². The van der Waals surface area contributed by atoms with Crippen molar-refractivity contribution in [3.8, 4) is 0 Å². The molecule has 0 aliphatic carbocycles. The number of anilines is 1. The van der Waals surface area contributed by atoms with Crippen molar-refractivity contribution in [2.24, 2.45) is 0 Å². The summed E-state index contributed by atoms with van der Waals surface area (Å²) in [7, 11) is 2.00. The number of hydrogen-bond acceptors (Lipinski definition) is 2. The van der Waals surface area contributed by atoms with Crippen molar-refractivity contribution in [2.75, 3.05) is 11.9 Å². The van der Waals surface area contributed by atoms with E-state index < -0.39 is 0 Å². The fraction of sp³-hybridized carbons (Fsp3) is 0.111. The van der Waals surface area contributed by atoms with E-state index in [2.05, 4.69) is 6.58 Å². The molecule has 0 N–H and O–H groups in total. The Morgan fingerprint density at radius 3 is 3.00 bits per heavy atom. The molecule has 3 heteroatoms. The second-order valence-electron chi connectivity index (χ2n) is 2.67. The van der Waals surface area contributed by atoms with Gasteiger partial charge in [0.15, 0.2) is 0 Å². The van der Waals surface area contributed by atoms with Gasteiger partial charge >= 0.3 is 0 Å². The molecule has 1 aliphatic rings. The fourth-order valence-electron chi connectivity index (χ4n) is 1.17. The van der Waals surface area contributed by atoms with Crippen LogP contribution in [-0.2, 0) is 0 Å². The number of hydrogen-bond donors (Lipinski definition) is 0. The number of benzene rings is 1. The first-order valence-electron chi connectivity index (χ1n) is 3.58. The molecule has 2 rings (SSSR count). The van der Waals surface area contributed by atoms with Gasteiger partial charge in [0.25, 0.3) is 0 Å². The molecule has 1 nitrogen and oxygen atoms in total. The Morgan fingerprint density at radius 2 is 2.25 bits per heavy atom. The molecule has 1 aliphatic heterocycles. The molecule has 0 amide bonds. The molecule has 0 bridgehead atoms. The Morgan fingerprint density at radius 1 is 1.50 bits per heavy atom. The lowest BCUT2D eigenvalue weighted by molar-refractivity contribution is 1.18. The molecule has 0 atom stereocenters. The molecule has 0 radical (unpaired) electrons. The van der Waals surface area contributed by atoms with Crippen LogP contribution in [0.3, 0.4) is 0 Å². The standard InChI is InChI=1S/C9H8ClNS/c1-6-11(2)8-5-7(10)3-4-9(8)12-6/h3-5H,1H2,2H3. The van der Waals surface area contributed by atoms with Crippen molar-refractivity contribution < 1.29 is 0 Å². The Hall–Kier alpha value is -0.600. The van der Waals surface area contributed by atoms with Crippen LogP contribution >= 0.6 is 23.4 Å². The van der Waals surface area contributed by atoms with E-state index in [4.69, 9.17) is 11.6 Å². The van der Waals surface area contributed by atoms with Crippen molar-refractivity contribution in [3.05, 3.63) is 34.8 Å². The summed E-state index contributed by atoms with van der Waals surface area (Å²) in [6.07, 6.45) is 0. The third-order valence-corrected chi connectivity index (χ3v) is 3.19. The third-order valence-electron chi connectivity index (χ3n) is 1.88. The van der Waals surface area contributed by atoms with Crippen molar-refractivity contribution in [3.63, 3.8) is 0 Å². The van der Waals surface area contributed by atoms with Crippen LogP contribution in [0.5, 0.6) is 0 Å². The van der Waals surface area contributed by atoms with Crippen LogP contribution in [0.15, 0.2) is 34.7 Å². The van der Waals surface area contributed by atoms with Gasteiger partial charge in [-0.3, -0.25) is 0 Å². The molecule has 0 saturated carbocycles. The van der Waals surface area contributed by atoms with E-state index in [0.29, 0.717) is 0 Å². The first kappa shape index (κ1) is 8.02. The SMILES string of the molecule is C=C1Sc2ccc(Cl)cc2N1C. The number of thioether (sulfide) groups is 1. The zero-order valence-electron chi connectivity index (χ0n) is 6.67. The van der Waals surface area contributed by atoms with Crippen LogP contribution in [0.4, 0.5) is 5.69 Å². The number of rotatable bonds is 0. The molecule has 0 spiro atoms. The van der Waals surface area contributed by atoms with Gasteiger partial charge in [-0.05, 0) is 18.2 Å². The molecular weight excluding hydrogens is 190 g/mol. The minimum Gasteiger partial charge on any atom is -0.339 e. The molecule has 12 heavy (non-hydrogen) atoms. The minimum absolute atomic E-state index is 0.774. The maximum Gasteiger partial charge on any atom is 0.0725 e. The Bertz CT molecular complexity index is 348. The summed E-state index contributed by atoms with van der Waals surface area (Å²) >= 11 is 7.55. The van der Waals surface area contributed by atoms with E-state index >= 15 is 0 Å². The molecule has 0 fully saturated rings. The fourth-order valence-corrected chi connectivity index (χ4v) is 2.26. The zero-order valence-corrected chi connectivity index (χ0v) is 8.25. The third kappa shape index (κ3) is 1.11. The van der Waals surface area contributed by atoms with Gasteiger partial charge in [-0.1, -0.05) is 29.9 Å². The summed E-state index contributed by atoms with van der Waals surface area (Å²) < 4.78 is 0. The highest BCUT2D eigenvalue weighted by atomic mass is 35.5. The summed E-state index contributed by atoms with van der Waals surface area (Å²) in [6, 6.07) is 5.89. The predicted molar refractivity (Wildman–Crippen MR) is 54.9 cm³/mol. The van der Waals surface area contributed by atoms with Gasteiger partial charge in [-0.2, -0.15) is 0 Å². The van der Waals surface area contributed by atoms with Crippen molar-refractivity contribution in [1.29, 1.82) is 0 Å². The van der Waals surface area contributed by atoms with Crippen LogP contribution in [0, 0.1) is 0 Å². The molecule has 1 aromatic carbocycles. The number of nitrogens with zero attached hydrogens (tertiary/aromatic N) is 1. The summed E-state index contributed by atoms with van der Waals surface area (Å²) in [5, 5.41) is 1.82. The van der Waals surface area contributed by atoms with Crippen LogP contribution < -0.4 is 4.90 Å². The van der Waals surface area contributed by atoms with Crippen LogP contribution in [0.1, 0.15) is 0 Å². The van der Waals surface area contributed by atoms with Gasteiger partial charge in [0.1, 0.15) is 0 Å². The normalized spacial score (nSPS) is 15.2. The summed E-state index contributed by atoms with van der Waals surface area (Å²) in [5.41, 5.74) is 1.15. The second kappa shape index (κ2) is 2.71. The lowest BCUT2D eigenvalue weighted by Crippen LogP contribution is -2.07. The average Bonchev–Trinajstić information content (AvgIpc) is 2.31. The lowest BCUT2D eigenvalue weighted by Gasteiger charge is -2.11. The number of fused-ring (bicyclic) bond motifs is 1. The predicted octanol–water partition coefficient (Wildman–Crippen LogP) is 3.35. The Kier molecular flexibility index (Phi) is 1.81. The van der Waals surface area contributed by atoms with E-state index in [-0.39, 0.29) is 0 Å². The smallest absolute Gasteiger partial charge is 0.0725 e. The maximum absolute atomic E-state index is 5.87. The summed E-state index contributed by atoms with van der Waals surface area (Å²) in [4.78, 5) is 3.28. The lowest BCUT2D eigenvalue weighted by atomic mass is 10.3. The van der Waals surface area contributed by atoms with E-state index in [1.165, 1.54) is 4.90 Å². The van der Waals surface area contributed by atoms with Gasteiger partial charge in [0, 0.05) is 17.0 Å². The van der Waals surface area contributed by atoms with Crippen LogP contribution in [0.2, 0.25) is 5.02 Å². The second-order valence-corrected chi connectivity index (χ2v) is 4.22. The topological polar surface area (TPSA) is 3.24 Å². The van der Waals surface area contributed by atoms with Crippen molar-refractivity contribution in [1.82, 2.24) is 0 Å². The molecule has 0 saturated heterocycles. The maximum atomic E-state index is 5.87. The molecule has 1 heterocycles. The van der Waals surface area contributed by atoms with Crippen LogP contribution in [-0.4, -0.2) is 7.05 Å². The Balaban J connectivity index is 2.55. The largest absolute Gasteiger partial charge is 0.339 e. The molecule has 0 unspecified atom stereocenters. The van der Waals surface area contributed by atoms with Crippen molar-refractivity contribution >= 4 is 29.1 Å². The molecule has 0 aromatic heterocycles. The van der Waals surface area contributed by atoms with Gasteiger partial charge in [-0.25, -0.2) is 0 Å². The van der Waals surface area contributed by atoms with E-state index in [1.807, 2.05) is 30.1 Å². The summed E-state index contributed by atoms with van der Waals surface area (Å²) in [6.45, 7) is 3.93. The molecule has 62 valence electrons. The average molecular weight is 198 g/mol. The quantitative estimate of drug-likeness (QED) is 0.628. The van der Waals surface area contributed by atoms with Gasteiger partial charge in [-0.15, -0.1) is 0 Å². The highest BCUT2D eigenvalue weighted by molar-refractivity contribution is 8.03. The molecular formula is C9H8ClNS. The first-order chi connectivity index (χ1) is 5.68. The monoisotopic (exact) mass is 197 g/mol. The number of halogens is 1. The zero-order chi connectivity index (χ0) is 8.72.